The van der Waals surface area contributed by atoms with E-state index >= 15 is 0 Å². The highest BCUT2D eigenvalue weighted by molar-refractivity contribution is 5.02. The molecule has 0 radical (unpaired) electrons. The Bertz CT molecular complexity index is 297. The molecule has 0 amide bonds. The Kier molecular flexibility index (Phi) is 3.81. The van der Waals surface area contributed by atoms with Crippen LogP contribution in [0, 0.1) is 23.2 Å². The lowest BCUT2D eigenvalue weighted by molar-refractivity contribution is -0.253. The summed E-state index contributed by atoms with van der Waals surface area (Å²) in [5.41, 5.74) is -0.210. The zero-order valence-electron chi connectivity index (χ0n) is 12.7. The average Bonchev–Trinajstić information content (AvgIpc) is 2.89. The van der Waals surface area contributed by atoms with Gasteiger partial charge < -0.3 is 9.84 Å². The van der Waals surface area contributed by atoms with Crippen LogP contribution >= 0.6 is 0 Å². The fourth-order valence-corrected chi connectivity index (χ4v) is 3.71. The van der Waals surface area contributed by atoms with Crippen LogP contribution in [0.4, 0.5) is 0 Å². The van der Waals surface area contributed by atoms with Crippen molar-refractivity contribution in [2.45, 2.75) is 78.6 Å². The first-order valence-corrected chi connectivity index (χ1v) is 7.67. The largest absolute Gasteiger partial charge is 0.367 e. The van der Waals surface area contributed by atoms with E-state index in [1.165, 1.54) is 25.7 Å². The third-order valence-corrected chi connectivity index (χ3v) is 5.99. The summed E-state index contributed by atoms with van der Waals surface area (Å²) >= 11 is 0. The minimum atomic E-state index is -0.642. The molecule has 2 aliphatic carbocycles. The van der Waals surface area contributed by atoms with Gasteiger partial charge in [-0.3, -0.25) is 0 Å². The molecule has 1 N–H and O–H groups in total. The molecule has 18 heavy (non-hydrogen) atoms. The van der Waals surface area contributed by atoms with Crippen LogP contribution in [-0.2, 0) is 4.74 Å². The van der Waals surface area contributed by atoms with Gasteiger partial charge in [-0.15, -0.1) is 0 Å². The Hall–Kier alpha value is -0.0800. The second-order valence-electron chi connectivity index (χ2n) is 7.44. The molecule has 0 spiro atoms. The van der Waals surface area contributed by atoms with Crippen molar-refractivity contribution >= 4 is 0 Å². The second-order valence-corrected chi connectivity index (χ2v) is 7.44. The maximum absolute atomic E-state index is 10.5. The van der Waals surface area contributed by atoms with Crippen LogP contribution in [0.1, 0.15) is 66.7 Å². The summed E-state index contributed by atoms with van der Waals surface area (Å²) in [7, 11) is 0. The highest BCUT2D eigenvalue weighted by atomic mass is 16.6. The molecule has 2 bridgehead atoms. The van der Waals surface area contributed by atoms with Gasteiger partial charge in [0.05, 0.1) is 5.60 Å². The molecule has 2 rings (SSSR count). The highest BCUT2D eigenvalue weighted by Gasteiger charge is 2.53. The van der Waals surface area contributed by atoms with Crippen LogP contribution in [-0.4, -0.2) is 17.0 Å². The summed E-state index contributed by atoms with van der Waals surface area (Å²) in [4.78, 5) is 0. The molecule has 2 aliphatic rings. The summed E-state index contributed by atoms with van der Waals surface area (Å²) in [6, 6.07) is 0. The predicted octanol–water partition coefficient (Wildman–Crippen LogP) is 3.97. The first-order chi connectivity index (χ1) is 8.32. The van der Waals surface area contributed by atoms with Gasteiger partial charge in [0, 0.05) is 5.41 Å². The lowest BCUT2D eigenvalue weighted by Gasteiger charge is -2.44. The van der Waals surface area contributed by atoms with Crippen molar-refractivity contribution in [3.05, 3.63) is 0 Å². The number of hydrogen-bond acceptors (Lipinski definition) is 2. The number of aliphatic hydroxyl groups excluding tert-OH is 1. The molecule has 2 nitrogen and oxygen atoms in total. The molecule has 2 fully saturated rings. The van der Waals surface area contributed by atoms with E-state index in [0.29, 0.717) is 11.8 Å². The van der Waals surface area contributed by atoms with E-state index in [0.717, 1.165) is 12.3 Å². The van der Waals surface area contributed by atoms with E-state index in [4.69, 9.17) is 4.74 Å². The van der Waals surface area contributed by atoms with E-state index in [-0.39, 0.29) is 11.0 Å². The Morgan fingerprint density at radius 3 is 2.39 bits per heavy atom. The molecule has 106 valence electrons. The third-order valence-electron chi connectivity index (χ3n) is 5.99. The molecule has 0 aromatic heterocycles. The molecule has 0 aliphatic heterocycles. The topological polar surface area (TPSA) is 29.5 Å². The lowest BCUT2D eigenvalue weighted by Crippen LogP contribution is -2.47. The first kappa shape index (κ1) is 14.3. The molecular formula is C16H30O2. The molecule has 0 heterocycles. The van der Waals surface area contributed by atoms with Crippen LogP contribution in [0.5, 0.6) is 0 Å². The van der Waals surface area contributed by atoms with Gasteiger partial charge in [-0.05, 0) is 49.9 Å². The zero-order valence-corrected chi connectivity index (χ0v) is 12.7. The highest BCUT2D eigenvalue weighted by Crippen LogP contribution is 2.55. The fourth-order valence-electron chi connectivity index (χ4n) is 3.71. The van der Waals surface area contributed by atoms with Gasteiger partial charge in [0.15, 0.2) is 6.29 Å². The third kappa shape index (κ3) is 2.22. The normalized spacial score (nSPS) is 37.5. The van der Waals surface area contributed by atoms with Gasteiger partial charge in [-0.25, -0.2) is 0 Å². The van der Waals surface area contributed by atoms with Crippen LogP contribution in [0.3, 0.4) is 0 Å². The maximum atomic E-state index is 10.5. The standard InChI is InChI=1S/C16H30O2/c1-6-16(10-12-7-8-13(16)9-12)18-14(17)15(4,5)11(2)3/h11-14,17H,6-10H2,1-5H3. The molecule has 2 saturated carbocycles. The molecule has 0 saturated heterocycles. The van der Waals surface area contributed by atoms with Crippen molar-refractivity contribution in [3.8, 4) is 0 Å². The van der Waals surface area contributed by atoms with Crippen LogP contribution in [0.2, 0.25) is 0 Å². The predicted molar refractivity (Wildman–Crippen MR) is 74.2 cm³/mol. The van der Waals surface area contributed by atoms with E-state index < -0.39 is 6.29 Å². The number of ether oxygens (including phenoxy) is 1. The summed E-state index contributed by atoms with van der Waals surface area (Å²) in [5.74, 6) is 1.95. The number of rotatable bonds is 5. The van der Waals surface area contributed by atoms with Crippen molar-refractivity contribution in [2.24, 2.45) is 23.2 Å². The maximum Gasteiger partial charge on any atom is 0.160 e. The lowest BCUT2D eigenvalue weighted by atomic mass is 9.78. The van der Waals surface area contributed by atoms with Crippen LogP contribution in [0.25, 0.3) is 0 Å². The second kappa shape index (κ2) is 4.79. The Balaban J connectivity index is 2.08. The van der Waals surface area contributed by atoms with Gasteiger partial charge in [0.2, 0.25) is 0 Å². The monoisotopic (exact) mass is 254 g/mol. The van der Waals surface area contributed by atoms with Crippen molar-refractivity contribution in [1.29, 1.82) is 0 Å². The van der Waals surface area contributed by atoms with Gasteiger partial charge >= 0.3 is 0 Å². The zero-order chi connectivity index (χ0) is 13.6. The summed E-state index contributed by atoms with van der Waals surface area (Å²) in [6.07, 6.45) is 5.56. The van der Waals surface area contributed by atoms with Crippen molar-refractivity contribution in [2.75, 3.05) is 0 Å². The number of hydrogen-bond donors (Lipinski definition) is 1. The Labute approximate surface area is 112 Å². The minimum Gasteiger partial charge on any atom is -0.367 e. The van der Waals surface area contributed by atoms with Gasteiger partial charge in [-0.1, -0.05) is 34.6 Å². The van der Waals surface area contributed by atoms with E-state index in [1.54, 1.807) is 0 Å². The quantitative estimate of drug-likeness (QED) is 0.752. The van der Waals surface area contributed by atoms with E-state index in [9.17, 15) is 5.11 Å². The molecular weight excluding hydrogens is 224 g/mol. The molecule has 2 heteroatoms. The Morgan fingerprint density at radius 2 is 2.00 bits per heavy atom. The summed E-state index contributed by atoms with van der Waals surface area (Å²) < 4.78 is 6.26. The van der Waals surface area contributed by atoms with Crippen LogP contribution < -0.4 is 0 Å². The van der Waals surface area contributed by atoms with Gasteiger partial charge in [0.25, 0.3) is 0 Å². The molecule has 4 atom stereocenters. The summed E-state index contributed by atoms with van der Waals surface area (Å²) in [6.45, 7) is 10.8. The van der Waals surface area contributed by atoms with Gasteiger partial charge in [0.1, 0.15) is 0 Å². The van der Waals surface area contributed by atoms with Crippen LogP contribution in [0.15, 0.2) is 0 Å². The van der Waals surface area contributed by atoms with Crippen molar-refractivity contribution in [1.82, 2.24) is 0 Å². The average molecular weight is 254 g/mol. The molecule has 4 unspecified atom stereocenters. The number of aliphatic hydroxyl groups is 1. The Morgan fingerprint density at radius 1 is 1.33 bits per heavy atom. The number of fused-ring (bicyclic) bond motifs is 2. The fraction of sp³-hybridized carbons (Fsp3) is 1.00. The van der Waals surface area contributed by atoms with E-state index in [2.05, 4.69) is 34.6 Å². The molecule has 0 aromatic carbocycles. The smallest absolute Gasteiger partial charge is 0.160 e. The summed E-state index contributed by atoms with van der Waals surface area (Å²) in [5, 5.41) is 10.5. The first-order valence-electron chi connectivity index (χ1n) is 7.67. The molecule has 0 aromatic rings. The minimum absolute atomic E-state index is 0.0332. The SMILES string of the molecule is CCC1(OC(O)C(C)(C)C(C)C)CC2CCC1C2. The van der Waals surface area contributed by atoms with E-state index in [1.807, 2.05) is 0 Å². The van der Waals surface area contributed by atoms with Crippen molar-refractivity contribution in [3.63, 3.8) is 0 Å². The van der Waals surface area contributed by atoms with Crippen molar-refractivity contribution < 1.29 is 9.84 Å². The van der Waals surface area contributed by atoms with Gasteiger partial charge in [-0.2, -0.15) is 0 Å².